The van der Waals surface area contributed by atoms with E-state index in [0.717, 1.165) is 6.92 Å². The highest BCUT2D eigenvalue weighted by Crippen LogP contribution is 2.40. The van der Waals surface area contributed by atoms with E-state index in [-0.39, 0.29) is 11.6 Å². The van der Waals surface area contributed by atoms with E-state index in [0.29, 0.717) is 24.3 Å². The maximum Gasteiger partial charge on any atom is 0.416 e. The van der Waals surface area contributed by atoms with Crippen LogP contribution in [0.5, 0.6) is 0 Å². The Morgan fingerprint density at radius 3 is 1.33 bits per heavy atom. The maximum atomic E-state index is 12.9. The van der Waals surface area contributed by atoms with E-state index in [9.17, 15) is 46.6 Å². The van der Waals surface area contributed by atoms with Crippen LogP contribution in [0.25, 0.3) is 11.1 Å². The van der Waals surface area contributed by atoms with Gasteiger partial charge in [-0.2, -0.15) is 26.3 Å². The number of nitro groups is 2. The van der Waals surface area contributed by atoms with Gasteiger partial charge >= 0.3 is 12.4 Å². The molecule has 0 N–H and O–H groups in total. The molecule has 0 saturated heterocycles. The van der Waals surface area contributed by atoms with E-state index in [2.05, 4.69) is 0 Å². The van der Waals surface area contributed by atoms with Crippen LogP contribution >= 0.6 is 0 Å². The molecule has 2 aromatic carbocycles. The maximum absolute atomic E-state index is 12.9. The number of hydrogen-bond acceptors (Lipinski definition) is 4. The Labute approximate surface area is 146 Å². The SMILES string of the molecule is Cc1c([N+](=O)[O-])cc(-c2cc(C(F)(F)F)cc(C(F)(F)F)c2)cc1[N+](=O)[O-]. The summed E-state index contributed by atoms with van der Waals surface area (Å²) in [6.45, 7) is 1.05. The Bertz CT molecular complexity index is 870. The molecule has 6 nitrogen and oxygen atoms in total. The van der Waals surface area contributed by atoms with E-state index in [1.807, 2.05) is 0 Å². The summed E-state index contributed by atoms with van der Waals surface area (Å²) in [6.07, 6.45) is -10.3. The van der Waals surface area contributed by atoms with Gasteiger partial charge in [0, 0.05) is 12.1 Å². The lowest BCUT2D eigenvalue weighted by Crippen LogP contribution is -2.11. The van der Waals surface area contributed by atoms with Gasteiger partial charge < -0.3 is 0 Å². The van der Waals surface area contributed by atoms with Gasteiger partial charge in [-0.25, -0.2) is 0 Å². The van der Waals surface area contributed by atoms with E-state index in [1.165, 1.54) is 0 Å². The smallest absolute Gasteiger partial charge is 0.258 e. The van der Waals surface area contributed by atoms with Crippen LogP contribution in [-0.4, -0.2) is 9.85 Å². The molecule has 0 aliphatic carbocycles. The first-order valence-corrected chi connectivity index (χ1v) is 6.95. The Morgan fingerprint density at radius 1 is 0.704 bits per heavy atom. The zero-order chi connectivity index (χ0) is 20.7. The van der Waals surface area contributed by atoms with Gasteiger partial charge in [-0.3, -0.25) is 20.2 Å². The van der Waals surface area contributed by atoms with Crippen molar-refractivity contribution in [2.45, 2.75) is 19.3 Å². The molecule has 0 bridgehead atoms. The number of nitro benzene ring substituents is 2. The van der Waals surface area contributed by atoms with Crippen molar-refractivity contribution in [2.24, 2.45) is 0 Å². The molecule has 2 rings (SSSR count). The molecule has 0 heterocycles. The minimum Gasteiger partial charge on any atom is -0.258 e. The largest absolute Gasteiger partial charge is 0.416 e. The Balaban J connectivity index is 2.85. The van der Waals surface area contributed by atoms with Crippen LogP contribution in [-0.2, 0) is 12.4 Å². The minimum atomic E-state index is -5.13. The molecule has 0 unspecified atom stereocenters. The van der Waals surface area contributed by atoms with Gasteiger partial charge in [0.1, 0.15) is 5.56 Å². The zero-order valence-corrected chi connectivity index (χ0v) is 13.2. The van der Waals surface area contributed by atoms with E-state index in [4.69, 9.17) is 0 Å². The van der Waals surface area contributed by atoms with Crippen LogP contribution in [0, 0.1) is 27.2 Å². The summed E-state index contributed by atoms with van der Waals surface area (Å²) in [5.41, 5.74) is -6.47. The first-order chi connectivity index (χ1) is 12.2. The Morgan fingerprint density at radius 2 is 1.04 bits per heavy atom. The van der Waals surface area contributed by atoms with Crippen molar-refractivity contribution in [2.75, 3.05) is 0 Å². The lowest BCUT2D eigenvalue weighted by Gasteiger charge is -2.14. The Hall–Kier alpha value is -3.18. The highest BCUT2D eigenvalue weighted by Gasteiger charge is 2.37. The Kier molecular flexibility index (Phi) is 4.86. The van der Waals surface area contributed by atoms with Crippen molar-refractivity contribution in [1.82, 2.24) is 0 Å². The van der Waals surface area contributed by atoms with Gasteiger partial charge in [0.05, 0.1) is 21.0 Å². The first kappa shape index (κ1) is 20.1. The van der Waals surface area contributed by atoms with Crippen molar-refractivity contribution < 1.29 is 36.2 Å². The van der Waals surface area contributed by atoms with Gasteiger partial charge in [-0.05, 0) is 36.2 Å². The number of alkyl halides is 6. The molecule has 0 amide bonds. The molecule has 0 spiro atoms. The molecule has 144 valence electrons. The molecule has 2 aromatic rings. The van der Waals surface area contributed by atoms with Crippen molar-refractivity contribution >= 4 is 11.4 Å². The average molecular weight is 394 g/mol. The molecule has 0 aliphatic heterocycles. The summed E-state index contributed by atoms with van der Waals surface area (Å²) in [4.78, 5) is 20.1. The van der Waals surface area contributed by atoms with Crippen molar-refractivity contribution in [3.05, 3.63) is 67.3 Å². The number of rotatable bonds is 3. The summed E-state index contributed by atoms with van der Waals surface area (Å²) < 4.78 is 77.7. The average Bonchev–Trinajstić information content (AvgIpc) is 2.52. The van der Waals surface area contributed by atoms with E-state index < -0.39 is 55.8 Å². The third kappa shape index (κ3) is 4.15. The summed E-state index contributed by atoms with van der Waals surface area (Å²) in [5, 5.41) is 22.1. The molecule has 0 saturated carbocycles. The quantitative estimate of drug-likeness (QED) is 0.390. The van der Waals surface area contributed by atoms with Crippen LogP contribution in [0.1, 0.15) is 16.7 Å². The van der Waals surface area contributed by atoms with E-state index in [1.54, 1.807) is 0 Å². The third-order valence-electron chi connectivity index (χ3n) is 3.67. The van der Waals surface area contributed by atoms with Crippen LogP contribution < -0.4 is 0 Å². The van der Waals surface area contributed by atoms with Gasteiger partial charge in [0.25, 0.3) is 11.4 Å². The highest BCUT2D eigenvalue weighted by atomic mass is 19.4. The molecule has 0 atom stereocenters. The van der Waals surface area contributed by atoms with Crippen LogP contribution in [0.15, 0.2) is 30.3 Å². The third-order valence-corrected chi connectivity index (χ3v) is 3.67. The minimum absolute atomic E-state index is 0.111. The first-order valence-electron chi connectivity index (χ1n) is 6.95. The molecule has 0 aromatic heterocycles. The van der Waals surface area contributed by atoms with Gasteiger partial charge in [-0.1, -0.05) is 0 Å². The van der Waals surface area contributed by atoms with Gasteiger partial charge in [0.2, 0.25) is 0 Å². The predicted octanol–water partition coefficient (Wildman–Crippen LogP) is 5.52. The topological polar surface area (TPSA) is 86.3 Å². The number of nitrogens with zero attached hydrogens (tertiary/aromatic N) is 2. The number of halogens is 6. The lowest BCUT2D eigenvalue weighted by atomic mass is 9.97. The standard InChI is InChI=1S/C15H8F6N2O4/c1-7-12(22(24)25)4-9(5-13(7)23(26)27)8-2-10(14(16,17)18)6-11(3-8)15(19,20)21/h2-6H,1H3. The van der Waals surface area contributed by atoms with Gasteiger partial charge in [0.15, 0.2) is 0 Å². The molecule has 12 heteroatoms. The fourth-order valence-corrected chi connectivity index (χ4v) is 2.35. The number of hydrogen-bond donors (Lipinski definition) is 0. The second-order valence-corrected chi connectivity index (χ2v) is 5.45. The molecular formula is C15H8F6N2O4. The summed E-state index contributed by atoms with van der Waals surface area (Å²) in [7, 11) is 0. The van der Waals surface area contributed by atoms with Crippen LogP contribution in [0.4, 0.5) is 37.7 Å². The lowest BCUT2D eigenvalue weighted by molar-refractivity contribution is -0.395. The van der Waals surface area contributed by atoms with Crippen molar-refractivity contribution in [3.63, 3.8) is 0 Å². The molecule has 0 aliphatic rings. The fraction of sp³-hybridized carbons (Fsp3) is 0.200. The molecule has 27 heavy (non-hydrogen) atoms. The summed E-state index contributed by atoms with van der Waals surface area (Å²) in [5.74, 6) is 0. The fourth-order valence-electron chi connectivity index (χ4n) is 2.35. The van der Waals surface area contributed by atoms with Gasteiger partial charge in [-0.15, -0.1) is 0 Å². The second kappa shape index (κ2) is 6.52. The van der Waals surface area contributed by atoms with Crippen molar-refractivity contribution in [3.8, 4) is 11.1 Å². The number of benzene rings is 2. The van der Waals surface area contributed by atoms with Crippen LogP contribution in [0.2, 0.25) is 0 Å². The summed E-state index contributed by atoms with van der Waals surface area (Å²) >= 11 is 0. The molecular weight excluding hydrogens is 386 g/mol. The van der Waals surface area contributed by atoms with Crippen molar-refractivity contribution in [1.29, 1.82) is 0 Å². The monoisotopic (exact) mass is 394 g/mol. The van der Waals surface area contributed by atoms with E-state index >= 15 is 0 Å². The summed E-state index contributed by atoms with van der Waals surface area (Å²) in [6, 6.07) is 1.96. The predicted molar refractivity (Wildman–Crippen MR) is 79.9 cm³/mol. The van der Waals surface area contributed by atoms with Crippen LogP contribution in [0.3, 0.4) is 0 Å². The normalized spacial score (nSPS) is 12.1. The molecule has 0 radical (unpaired) electrons. The zero-order valence-electron chi connectivity index (χ0n) is 13.2. The highest BCUT2D eigenvalue weighted by molar-refractivity contribution is 5.73. The second-order valence-electron chi connectivity index (χ2n) is 5.45. The molecule has 0 fully saturated rings.